The molecule has 0 aliphatic heterocycles. The van der Waals surface area contributed by atoms with E-state index in [4.69, 9.17) is 16.3 Å². The number of halogens is 1. The molecule has 0 aliphatic carbocycles. The smallest absolute Gasteiger partial charge is 0.353 e. The van der Waals surface area contributed by atoms with Gasteiger partial charge in [0.05, 0.1) is 5.71 Å². The fourth-order valence-electron chi connectivity index (χ4n) is 2.49. The van der Waals surface area contributed by atoms with Gasteiger partial charge in [-0.3, -0.25) is 9.59 Å². The standard InChI is InChI=1S/C22H18ClN3O4S/c1-13-17(23)5-3-6-18(13)24-20(27)21(28)26-25-14(2)15-8-10-16(11-9-15)30-22(29)19-7-4-12-31-19/h3-12H,1-2H3,(H,24,27)(H,26,28). The molecule has 7 nitrogen and oxygen atoms in total. The molecule has 0 radical (unpaired) electrons. The number of nitrogens with one attached hydrogen (secondary N) is 2. The van der Waals surface area contributed by atoms with E-state index in [0.29, 0.717) is 38.2 Å². The second-order valence-electron chi connectivity index (χ2n) is 6.40. The number of carbonyl (C=O) groups is 3. The Hall–Kier alpha value is -3.49. The zero-order valence-electron chi connectivity index (χ0n) is 16.6. The van der Waals surface area contributed by atoms with Crippen molar-refractivity contribution in [1.29, 1.82) is 0 Å². The van der Waals surface area contributed by atoms with Crippen molar-refractivity contribution in [3.05, 3.63) is 81.0 Å². The number of carbonyl (C=O) groups excluding carboxylic acids is 3. The number of ether oxygens (including phenoxy) is 1. The predicted octanol–water partition coefficient (Wildman–Crippen LogP) is 4.41. The van der Waals surface area contributed by atoms with E-state index < -0.39 is 17.8 Å². The van der Waals surface area contributed by atoms with Crippen LogP contribution >= 0.6 is 22.9 Å². The molecule has 0 saturated heterocycles. The fraction of sp³-hybridized carbons (Fsp3) is 0.0909. The first-order chi connectivity index (χ1) is 14.8. The number of nitrogens with zero attached hydrogens (tertiary/aromatic N) is 1. The van der Waals surface area contributed by atoms with Gasteiger partial charge in [0.2, 0.25) is 0 Å². The van der Waals surface area contributed by atoms with Crippen LogP contribution in [0.25, 0.3) is 0 Å². The van der Waals surface area contributed by atoms with Crippen LogP contribution in [-0.2, 0) is 9.59 Å². The van der Waals surface area contributed by atoms with Crippen LogP contribution in [-0.4, -0.2) is 23.5 Å². The maximum absolute atomic E-state index is 12.1. The number of thiophene rings is 1. The van der Waals surface area contributed by atoms with Gasteiger partial charge in [0.1, 0.15) is 10.6 Å². The van der Waals surface area contributed by atoms with Crippen molar-refractivity contribution in [2.45, 2.75) is 13.8 Å². The van der Waals surface area contributed by atoms with Gasteiger partial charge < -0.3 is 10.1 Å². The van der Waals surface area contributed by atoms with E-state index in [9.17, 15) is 14.4 Å². The molecule has 0 aliphatic rings. The Morgan fingerprint density at radius 3 is 2.42 bits per heavy atom. The molecule has 0 atom stereocenters. The first kappa shape index (κ1) is 22.2. The zero-order valence-corrected chi connectivity index (χ0v) is 18.2. The topological polar surface area (TPSA) is 96.9 Å². The molecule has 2 N–H and O–H groups in total. The van der Waals surface area contributed by atoms with Crippen molar-refractivity contribution in [2.24, 2.45) is 5.10 Å². The highest BCUT2D eigenvalue weighted by molar-refractivity contribution is 7.12. The molecule has 0 bridgehead atoms. The summed E-state index contributed by atoms with van der Waals surface area (Å²) in [6.07, 6.45) is 0. The lowest BCUT2D eigenvalue weighted by molar-refractivity contribution is -0.136. The van der Waals surface area contributed by atoms with Crippen LogP contribution in [0.1, 0.15) is 27.7 Å². The van der Waals surface area contributed by atoms with Gasteiger partial charge in [0, 0.05) is 10.7 Å². The lowest BCUT2D eigenvalue weighted by atomic mass is 10.1. The van der Waals surface area contributed by atoms with Gasteiger partial charge >= 0.3 is 17.8 Å². The van der Waals surface area contributed by atoms with Crippen molar-refractivity contribution in [1.82, 2.24) is 5.43 Å². The highest BCUT2D eigenvalue weighted by Gasteiger charge is 2.15. The lowest BCUT2D eigenvalue weighted by Gasteiger charge is -2.09. The van der Waals surface area contributed by atoms with Crippen molar-refractivity contribution in [3.63, 3.8) is 0 Å². The average Bonchev–Trinajstić information content (AvgIpc) is 3.30. The SMILES string of the molecule is CC(=NNC(=O)C(=O)Nc1cccc(Cl)c1C)c1ccc(OC(=O)c2cccs2)cc1. The van der Waals surface area contributed by atoms with Crippen LogP contribution in [0.3, 0.4) is 0 Å². The second kappa shape index (κ2) is 10.0. The quantitative estimate of drug-likeness (QED) is 0.196. The Kier molecular flexibility index (Phi) is 7.17. The van der Waals surface area contributed by atoms with Crippen LogP contribution in [0.5, 0.6) is 5.75 Å². The highest BCUT2D eigenvalue weighted by atomic mass is 35.5. The molecule has 31 heavy (non-hydrogen) atoms. The lowest BCUT2D eigenvalue weighted by Crippen LogP contribution is -2.33. The number of hydrogen-bond acceptors (Lipinski definition) is 6. The van der Waals surface area contributed by atoms with Gasteiger partial charge in [-0.15, -0.1) is 11.3 Å². The summed E-state index contributed by atoms with van der Waals surface area (Å²) in [5.41, 5.74) is 4.47. The molecule has 3 rings (SSSR count). The molecule has 2 amide bonds. The normalized spacial score (nSPS) is 11.0. The molecule has 1 heterocycles. The summed E-state index contributed by atoms with van der Waals surface area (Å²) in [6, 6.07) is 15.1. The molecule has 1 aromatic heterocycles. The van der Waals surface area contributed by atoms with Crippen LogP contribution in [0.15, 0.2) is 65.1 Å². The van der Waals surface area contributed by atoms with Gasteiger partial charge in [-0.1, -0.05) is 23.7 Å². The third-order valence-electron chi connectivity index (χ3n) is 4.25. The fourth-order valence-corrected chi connectivity index (χ4v) is 3.26. The first-order valence-corrected chi connectivity index (χ1v) is 10.4. The number of amides is 2. The van der Waals surface area contributed by atoms with Gasteiger partial charge in [-0.25, -0.2) is 10.2 Å². The summed E-state index contributed by atoms with van der Waals surface area (Å²) in [4.78, 5) is 36.6. The molecule has 9 heteroatoms. The van der Waals surface area contributed by atoms with E-state index in [1.807, 2.05) is 0 Å². The van der Waals surface area contributed by atoms with Crippen molar-refractivity contribution in [3.8, 4) is 5.75 Å². The number of benzene rings is 2. The van der Waals surface area contributed by atoms with Crippen molar-refractivity contribution >= 4 is 52.1 Å². The molecule has 0 fully saturated rings. The number of anilines is 1. The van der Waals surface area contributed by atoms with E-state index in [0.717, 1.165) is 0 Å². The van der Waals surface area contributed by atoms with Crippen LogP contribution in [0, 0.1) is 6.92 Å². The molecule has 3 aromatic rings. The Bertz CT molecular complexity index is 1140. The van der Waals surface area contributed by atoms with E-state index in [-0.39, 0.29) is 0 Å². The predicted molar refractivity (Wildman–Crippen MR) is 121 cm³/mol. The van der Waals surface area contributed by atoms with E-state index in [1.54, 1.807) is 73.8 Å². The van der Waals surface area contributed by atoms with Gasteiger partial charge in [0.25, 0.3) is 0 Å². The molecular weight excluding hydrogens is 438 g/mol. The van der Waals surface area contributed by atoms with Crippen LogP contribution < -0.4 is 15.5 Å². The second-order valence-corrected chi connectivity index (χ2v) is 7.75. The Labute approximate surface area is 187 Å². The van der Waals surface area contributed by atoms with E-state index >= 15 is 0 Å². The number of esters is 1. The largest absolute Gasteiger partial charge is 0.422 e. The summed E-state index contributed by atoms with van der Waals surface area (Å²) < 4.78 is 5.30. The van der Waals surface area contributed by atoms with Gasteiger partial charge in [0.15, 0.2) is 0 Å². The first-order valence-electron chi connectivity index (χ1n) is 9.12. The zero-order chi connectivity index (χ0) is 22.4. The number of hydrazone groups is 1. The molecule has 158 valence electrons. The molecular formula is C22H18ClN3O4S. The minimum Gasteiger partial charge on any atom is -0.422 e. The third-order valence-corrected chi connectivity index (χ3v) is 5.51. The summed E-state index contributed by atoms with van der Waals surface area (Å²) in [7, 11) is 0. The van der Waals surface area contributed by atoms with E-state index in [1.165, 1.54) is 11.3 Å². The maximum atomic E-state index is 12.1. The molecule has 0 saturated carbocycles. The Morgan fingerprint density at radius 1 is 1.00 bits per heavy atom. The summed E-state index contributed by atoms with van der Waals surface area (Å²) >= 11 is 7.31. The Balaban J connectivity index is 1.58. The van der Waals surface area contributed by atoms with Crippen LogP contribution in [0.4, 0.5) is 5.69 Å². The molecule has 0 unspecified atom stereocenters. The third kappa shape index (κ3) is 5.78. The minimum atomic E-state index is -0.916. The molecule has 0 spiro atoms. The average molecular weight is 456 g/mol. The van der Waals surface area contributed by atoms with Crippen molar-refractivity contribution in [2.75, 3.05) is 5.32 Å². The van der Waals surface area contributed by atoms with Gasteiger partial charge in [-0.05, 0) is 72.8 Å². The summed E-state index contributed by atoms with van der Waals surface area (Å²) in [6.45, 7) is 3.41. The number of rotatable bonds is 5. The van der Waals surface area contributed by atoms with Gasteiger partial charge in [-0.2, -0.15) is 5.10 Å². The Morgan fingerprint density at radius 2 is 1.74 bits per heavy atom. The maximum Gasteiger partial charge on any atom is 0.353 e. The monoisotopic (exact) mass is 455 g/mol. The molecule has 2 aromatic carbocycles. The van der Waals surface area contributed by atoms with Crippen molar-refractivity contribution < 1.29 is 19.1 Å². The minimum absolute atomic E-state index is 0.384. The number of hydrogen-bond donors (Lipinski definition) is 2. The van der Waals surface area contributed by atoms with E-state index in [2.05, 4.69) is 15.8 Å². The van der Waals surface area contributed by atoms with Crippen LogP contribution in [0.2, 0.25) is 5.02 Å². The summed E-state index contributed by atoms with van der Waals surface area (Å²) in [5, 5.41) is 8.73. The highest BCUT2D eigenvalue weighted by Crippen LogP contribution is 2.22. The summed E-state index contributed by atoms with van der Waals surface area (Å²) in [5.74, 6) is -1.82.